The van der Waals surface area contributed by atoms with E-state index in [1.165, 1.54) is 16.5 Å². The van der Waals surface area contributed by atoms with Crippen LogP contribution in [0.25, 0.3) is 10.4 Å². The van der Waals surface area contributed by atoms with Gasteiger partial charge in [0, 0.05) is 23.2 Å². The average molecular weight is 320 g/mol. The molecule has 1 amide bonds. The monoisotopic (exact) mass is 320 g/mol. The Morgan fingerprint density at radius 1 is 1.23 bits per heavy atom. The summed E-state index contributed by atoms with van der Waals surface area (Å²) in [6.45, 7) is 1.89. The van der Waals surface area contributed by atoms with Gasteiger partial charge in [0.15, 0.2) is 0 Å². The number of carbonyl (C=O) groups is 1. The molecule has 0 aromatic carbocycles. The van der Waals surface area contributed by atoms with Crippen molar-refractivity contribution in [3.8, 4) is 5.75 Å². The van der Waals surface area contributed by atoms with Crippen LogP contribution >= 0.6 is 0 Å². The number of hydrogen-bond donors (Lipinski definition) is 2. The van der Waals surface area contributed by atoms with E-state index in [1.807, 2.05) is 11.6 Å². The number of sulfonamides is 1. The summed E-state index contributed by atoms with van der Waals surface area (Å²) in [5.41, 5.74) is 0.881. The predicted octanol–water partition coefficient (Wildman–Crippen LogP) is 0.368. The molecule has 2 aromatic heterocycles. The summed E-state index contributed by atoms with van der Waals surface area (Å²) in [5, 5.41) is 10.0. The summed E-state index contributed by atoms with van der Waals surface area (Å²) in [5.74, 6) is -1.17. The number of hydrogen-bond acceptors (Lipinski definition) is 5. The van der Waals surface area contributed by atoms with Crippen LogP contribution < -0.4 is 10.3 Å². The van der Waals surface area contributed by atoms with Crippen LogP contribution in [0.5, 0.6) is 5.75 Å². The molecule has 2 aromatic rings. The largest absolute Gasteiger partial charge is 0.506 e. The lowest BCUT2D eigenvalue weighted by Crippen LogP contribution is -2.22. The fourth-order valence-corrected chi connectivity index (χ4v) is 3.51. The second-order valence-electron chi connectivity index (χ2n) is 4.90. The lowest BCUT2D eigenvalue weighted by molar-refractivity contribution is -0.114. The Morgan fingerprint density at radius 3 is 2.55 bits per heavy atom. The van der Waals surface area contributed by atoms with Crippen molar-refractivity contribution >= 4 is 26.4 Å². The summed E-state index contributed by atoms with van der Waals surface area (Å²) in [7, 11) is -3.99. The Bertz CT molecular complexity index is 1000. The SMILES string of the molecule is CCc1cc(=O)n2cc(O)c(C3=CC(=O)NS3(=O)=O)cc2c1. The molecule has 0 aliphatic carbocycles. The molecule has 3 heterocycles. The van der Waals surface area contributed by atoms with Crippen LogP contribution in [0.2, 0.25) is 0 Å². The number of pyridine rings is 2. The number of carbonyl (C=O) groups excluding carboxylic acids is 1. The van der Waals surface area contributed by atoms with Crippen molar-refractivity contribution in [1.82, 2.24) is 9.12 Å². The van der Waals surface area contributed by atoms with E-state index in [9.17, 15) is 23.1 Å². The van der Waals surface area contributed by atoms with Crippen molar-refractivity contribution in [1.29, 1.82) is 0 Å². The maximum absolute atomic E-state index is 12.0. The first kappa shape index (κ1) is 14.3. The normalized spacial score (nSPS) is 16.6. The highest BCUT2D eigenvalue weighted by atomic mass is 32.2. The van der Waals surface area contributed by atoms with Gasteiger partial charge < -0.3 is 5.11 Å². The number of aromatic hydroxyl groups is 1. The second kappa shape index (κ2) is 4.70. The minimum absolute atomic E-state index is 0.0222. The fraction of sp³-hybridized carbons (Fsp3) is 0.143. The number of amides is 1. The Balaban J connectivity index is 2.33. The molecular formula is C14H12N2O5S. The molecule has 2 N–H and O–H groups in total. The van der Waals surface area contributed by atoms with Crippen LogP contribution in [-0.2, 0) is 21.2 Å². The van der Waals surface area contributed by atoms with E-state index in [0.29, 0.717) is 11.9 Å². The zero-order valence-corrected chi connectivity index (χ0v) is 12.3. The van der Waals surface area contributed by atoms with Gasteiger partial charge in [-0.3, -0.25) is 14.0 Å². The third-order valence-electron chi connectivity index (χ3n) is 3.44. The van der Waals surface area contributed by atoms with Crippen LogP contribution in [0.3, 0.4) is 0 Å². The van der Waals surface area contributed by atoms with E-state index >= 15 is 0 Å². The van der Waals surface area contributed by atoms with E-state index < -0.39 is 21.7 Å². The molecule has 7 nitrogen and oxygen atoms in total. The van der Waals surface area contributed by atoms with E-state index in [4.69, 9.17) is 0 Å². The summed E-state index contributed by atoms with van der Waals surface area (Å²) in [4.78, 5) is 22.9. The van der Waals surface area contributed by atoms with E-state index in [1.54, 1.807) is 6.07 Å². The minimum atomic E-state index is -3.99. The first-order valence-corrected chi connectivity index (χ1v) is 7.97. The molecule has 0 saturated heterocycles. The van der Waals surface area contributed by atoms with Gasteiger partial charge in [-0.05, 0) is 24.1 Å². The number of fused-ring (bicyclic) bond motifs is 1. The number of nitrogens with zero attached hydrogens (tertiary/aromatic N) is 1. The number of rotatable bonds is 2. The Hall–Kier alpha value is -2.61. The van der Waals surface area contributed by atoms with Gasteiger partial charge in [-0.25, -0.2) is 13.1 Å². The molecule has 22 heavy (non-hydrogen) atoms. The molecule has 1 aliphatic rings. The van der Waals surface area contributed by atoms with Gasteiger partial charge in [0.25, 0.3) is 21.5 Å². The second-order valence-corrected chi connectivity index (χ2v) is 6.55. The molecule has 0 unspecified atom stereocenters. The Labute approximate surface area is 125 Å². The number of aryl methyl sites for hydroxylation is 1. The van der Waals surface area contributed by atoms with Crippen LogP contribution in [0.4, 0.5) is 0 Å². The third-order valence-corrected chi connectivity index (χ3v) is 4.82. The predicted molar refractivity (Wildman–Crippen MR) is 79.7 cm³/mol. The summed E-state index contributed by atoms with van der Waals surface area (Å²) in [6.07, 6.45) is 2.69. The lowest BCUT2D eigenvalue weighted by Gasteiger charge is -2.09. The van der Waals surface area contributed by atoms with Crippen molar-refractivity contribution in [3.63, 3.8) is 0 Å². The standard InChI is InChI=1S/C14H12N2O5S/c1-2-8-3-9-5-10(11(17)7-16(9)14(19)4-8)12-6-13(18)15-22(12,20)21/h3-7,17H,2H2,1H3,(H,15,18). The highest BCUT2D eigenvalue weighted by Gasteiger charge is 2.31. The summed E-state index contributed by atoms with van der Waals surface area (Å²) in [6, 6.07) is 4.55. The molecule has 1 aliphatic heterocycles. The highest BCUT2D eigenvalue weighted by molar-refractivity contribution is 8.00. The van der Waals surface area contributed by atoms with Crippen molar-refractivity contribution in [2.24, 2.45) is 0 Å². The third kappa shape index (κ3) is 2.17. The van der Waals surface area contributed by atoms with Gasteiger partial charge in [-0.15, -0.1) is 0 Å². The lowest BCUT2D eigenvalue weighted by atomic mass is 10.1. The first-order chi connectivity index (χ1) is 10.3. The maximum atomic E-state index is 12.0. The molecule has 0 spiro atoms. The minimum Gasteiger partial charge on any atom is -0.506 e. The van der Waals surface area contributed by atoms with E-state index in [0.717, 1.165) is 17.8 Å². The quantitative estimate of drug-likeness (QED) is 0.831. The van der Waals surface area contributed by atoms with Crippen LogP contribution in [0.15, 0.2) is 35.3 Å². The molecule has 114 valence electrons. The Morgan fingerprint density at radius 2 is 1.95 bits per heavy atom. The topological polar surface area (TPSA) is 105 Å². The summed E-state index contributed by atoms with van der Waals surface area (Å²) < 4.78 is 26.8. The average Bonchev–Trinajstić information content (AvgIpc) is 2.71. The maximum Gasteiger partial charge on any atom is 0.265 e. The van der Waals surface area contributed by atoms with Gasteiger partial charge in [-0.1, -0.05) is 6.92 Å². The van der Waals surface area contributed by atoms with Crippen molar-refractivity contribution in [2.45, 2.75) is 13.3 Å². The van der Waals surface area contributed by atoms with E-state index in [-0.39, 0.29) is 16.0 Å². The van der Waals surface area contributed by atoms with Gasteiger partial charge in [0.2, 0.25) is 0 Å². The summed E-state index contributed by atoms with van der Waals surface area (Å²) >= 11 is 0. The van der Waals surface area contributed by atoms with Crippen molar-refractivity contribution in [3.05, 3.63) is 52.0 Å². The zero-order chi connectivity index (χ0) is 16.1. The molecule has 0 bridgehead atoms. The first-order valence-electron chi connectivity index (χ1n) is 6.49. The molecular weight excluding hydrogens is 308 g/mol. The van der Waals surface area contributed by atoms with Crippen LogP contribution in [0, 0.1) is 0 Å². The molecule has 0 saturated carbocycles. The molecule has 0 radical (unpaired) electrons. The van der Waals surface area contributed by atoms with Gasteiger partial charge in [0.05, 0.1) is 6.20 Å². The van der Waals surface area contributed by atoms with Gasteiger partial charge >= 0.3 is 0 Å². The number of aromatic nitrogens is 1. The molecule has 0 atom stereocenters. The Kier molecular flexibility index (Phi) is 3.06. The zero-order valence-electron chi connectivity index (χ0n) is 11.5. The molecule has 3 rings (SSSR count). The van der Waals surface area contributed by atoms with Gasteiger partial charge in [0.1, 0.15) is 10.7 Å². The van der Waals surface area contributed by atoms with Crippen LogP contribution in [-0.4, -0.2) is 23.8 Å². The molecule has 0 fully saturated rings. The smallest absolute Gasteiger partial charge is 0.265 e. The highest BCUT2D eigenvalue weighted by Crippen LogP contribution is 2.31. The fourth-order valence-electron chi connectivity index (χ4n) is 2.36. The number of nitrogens with one attached hydrogen (secondary N) is 1. The van der Waals surface area contributed by atoms with Crippen LogP contribution in [0.1, 0.15) is 18.1 Å². The van der Waals surface area contributed by atoms with Crippen molar-refractivity contribution in [2.75, 3.05) is 0 Å². The van der Waals surface area contributed by atoms with E-state index in [2.05, 4.69) is 0 Å². The van der Waals surface area contributed by atoms with Crippen molar-refractivity contribution < 1.29 is 18.3 Å². The van der Waals surface area contributed by atoms with Gasteiger partial charge in [-0.2, -0.15) is 0 Å². The molecule has 8 heteroatoms.